The molecule has 0 radical (unpaired) electrons. The molecule has 0 bridgehead atoms. The van der Waals surface area contributed by atoms with E-state index in [0.717, 1.165) is 15.7 Å². The summed E-state index contributed by atoms with van der Waals surface area (Å²) in [7, 11) is 0. The summed E-state index contributed by atoms with van der Waals surface area (Å²) >= 11 is 0. The monoisotopic (exact) mass is 413 g/mol. The third-order valence-electron chi connectivity index (χ3n) is 4.39. The molecule has 0 atom stereocenters. The van der Waals surface area contributed by atoms with Crippen molar-refractivity contribution in [2.75, 3.05) is 0 Å². The molecule has 0 saturated heterocycles. The standard InChI is InChI=1S/C23H16N4O4/c24-12-16-6-8-20(9-7-16)31-21-13-25-26-22(21)18-4-1-3-17(11-18)15-30-23(29)27-10-2-5-19(28)14-27/h1-11,13-14H,15H2,(H-,25,26,28)/p+1. The Bertz CT molecular complexity index is 1260. The summed E-state index contributed by atoms with van der Waals surface area (Å²) < 4.78 is 12.4. The van der Waals surface area contributed by atoms with Gasteiger partial charge in [0.1, 0.15) is 18.1 Å². The van der Waals surface area contributed by atoms with Gasteiger partial charge in [-0.2, -0.15) is 15.2 Å². The third-order valence-corrected chi connectivity index (χ3v) is 4.39. The minimum Gasteiger partial charge on any atom is -0.503 e. The van der Waals surface area contributed by atoms with Crippen LogP contribution in [0.5, 0.6) is 17.2 Å². The number of H-pyrrole nitrogens is 1. The van der Waals surface area contributed by atoms with Gasteiger partial charge in [-0.25, -0.2) is 0 Å². The summed E-state index contributed by atoms with van der Waals surface area (Å²) in [6, 6.07) is 19.3. The molecule has 0 aliphatic rings. The van der Waals surface area contributed by atoms with Crippen LogP contribution in [0, 0.1) is 11.3 Å². The molecule has 0 amide bonds. The molecule has 31 heavy (non-hydrogen) atoms. The van der Waals surface area contributed by atoms with E-state index in [-0.39, 0.29) is 12.4 Å². The first-order valence-corrected chi connectivity index (χ1v) is 9.30. The zero-order valence-corrected chi connectivity index (χ0v) is 16.2. The van der Waals surface area contributed by atoms with Gasteiger partial charge in [-0.1, -0.05) is 22.8 Å². The van der Waals surface area contributed by atoms with E-state index >= 15 is 0 Å². The number of benzene rings is 2. The summed E-state index contributed by atoms with van der Waals surface area (Å²) in [5.41, 5.74) is 2.79. The number of rotatable bonds is 5. The number of hydrogen-bond acceptors (Lipinski definition) is 6. The van der Waals surface area contributed by atoms with Crippen LogP contribution in [-0.2, 0) is 11.3 Å². The molecule has 4 aromatic rings. The number of carbonyl (C=O) groups excluding carboxylic acids is 1. The number of aromatic amines is 1. The quantitative estimate of drug-likeness (QED) is 0.480. The van der Waals surface area contributed by atoms with Crippen LogP contribution in [-0.4, -0.2) is 21.4 Å². The lowest BCUT2D eigenvalue weighted by Gasteiger charge is -2.08. The van der Waals surface area contributed by atoms with Crippen molar-refractivity contribution in [2.45, 2.75) is 6.61 Å². The van der Waals surface area contributed by atoms with Crippen LogP contribution in [0.2, 0.25) is 0 Å². The first-order chi connectivity index (χ1) is 15.1. The average molecular weight is 413 g/mol. The Kier molecular flexibility index (Phi) is 5.58. The minimum atomic E-state index is -0.604. The fraction of sp³-hybridized carbons (Fsp3) is 0.0435. The maximum atomic E-state index is 12.2. The predicted octanol–water partition coefficient (Wildman–Crippen LogP) is 3.92. The lowest BCUT2D eigenvalue weighted by Crippen LogP contribution is -2.42. The highest BCUT2D eigenvalue weighted by molar-refractivity contribution is 5.67. The molecule has 2 aromatic heterocycles. The molecule has 152 valence electrons. The van der Waals surface area contributed by atoms with Crippen LogP contribution >= 0.6 is 0 Å². The third kappa shape index (κ3) is 4.68. The van der Waals surface area contributed by atoms with Crippen molar-refractivity contribution in [2.24, 2.45) is 0 Å². The minimum absolute atomic E-state index is 0.0320. The number of ether oxygens (including phenoxy) is 2. The van der Waals surface area contributed by atoms with Gasteiger partial charge in [-0.05, 0) is 42.0 Å². The number of aromatic nitrogens is 3. The first kappa shape index (κ1) is 19.7. The number of pyridine rings is 1. The number of nitrogens with zero attached hydrogens (tertiary/aromatic N) is 3. The van der Waals surface area contributed by atoms with Crippen molar-refractivity contribution in [1.82, 2.24) is 10.2 Å². The molecule has 2 aromatic carbocycles. The Balaban J connectivity index is 1.48. The molecular weight excluding hydrogens is 396 g/mol. The van der Waals surface area contributed by atoms with E-state index < -0.39 is 6.09 Å². The smallest absolute Gasteiger partial charge is 0.503 e. The maximum Gasteiger partial charge on any atom is 0.602 e. The van der Waals surface area contributed by atoms with Gasteiger partial charge in [0.25, 0.3) is 0 Å². The zero-order chi connectivity index (χ0) is 21.6. The molecule has 8 heteroatoms. The summed E-state index contributed by atoms with van der Waals surface area (Å²) in [5.74, 6) is 1.07. The van der Waals surface area contributed by atoms with Crippen LogP contribution in [0.25, 0.3) is 11.3 Å². The van der Waals surface area contributed by atoms with Crippen molar-refractivity contribution in [3.63, 3.8) is 0 Å². The van der Waals surface area contributed by atoms with Gasteiger partial charge in [0, 0.05) is 11.6 Å². The van der Waals surface area contributed by atoms with Crippen LogP contribution in [0.4, 0.5) is 4.79 Å². The van der Waals surface area contributed by atoms with Crippen molar-refractivity contribution in [3.05, 3.63) is 90.4 Å². The summed E-state index contributed by atoms with van der Waals surface area (Å²) in [5, 5.41) is 25.4. The normalized spacial score (nSPS) is 10.3. The van der Waals surface area contributed by atoms with Gasteiger partial charge in [0.05, 0.1) is 17.8 Å². The summed E-state index contributed by atoms with van der Waals surface area (Å²) in [6.45, 7) is 0.0509. The Morgan fingerprint density at radius 2 is 2.00 bits per heavy atom. The van der Waals surface area contributed by atoms with Gasteiger partial charge in [0.2, 0.25) is 6.20 Å². The molecule has 0 saturated carbocycles. The lowest BCUT2D eigenvalue weighted by molar-refractivity contribution is -0.587. The maximum absolute atomic E-state index is 12.2. The van der Waals surface area contributed by atoms with E-state index in [4.69, 9.17) is 14.7 Å². The molecule has 2 heterocycles. The van der Waals surface area contributed by atoms with E-state index in [2.05, 4.69) is 16.3 Å². The van der Waals surface area contributed by atoms with Crippen molar-refractivity contribution < 1.29 is 23.9 Å². The second-order valence-electron chi connectivity index (χ2n) is 6.57. The molecule has 2 N–H and O–H groups in total. The van der Waals surface area contributed by atoms with E-state index in [0.29, 0.717) is 22.8 Å². The van der Waals surface area contributed by atoms with Crippen LogP contribution in [0.15, 0.2) is 79.3 Å². The average Bonchev–Trinajstić information content (AvgIpc) is 3.26. The molecule has 0 fully saturated rings. The molecule has 4 rings (SSSR count). The highest BCUT2D eigenvalue weighted by Crippen LogP contribution is 2.31. The van der Waals surface area contributed by atoms with Crippen LogP contribution in [0.1, 0.15) is 11.1 Å². The van der Waals surface area contributed by atoms with Gasteiger partial charge in [-0.3, -0.25) is 5.10 Å². The van der Waals surface area contributed by atoms with Gasteiger partial charge < -0.3 is 14.6 Å². The Morgan fingerprint density at radius 3 is 2.77 bits per heavy atom. The molecule has 8 nitrogen and oxygen atoms in total. The largest absolute Gasteiger partial charge is 0.602 e. The van der Waals surface area contributed by atoms with E-state index in [1.54, 1.807) is 36.5 Å². The number of carbonyl (C=O) groups is 1. The molecule has 0 aliphatic heterocycles. The summed E-state index contributed by atoms with van der Waals surface area (Å²) in [4.78, 5) is 12.2. The highest BCUT2D eigenvalue weighted by Gasteiger charge is 2.17. The highest BCUT2D eigenvalue weighted by atomic mass is 16.5. The van der Waals surface area contributed by atoms with Gasteiger partial charge >= 0.3 is 6.09 Å². The second kappa shape index (κ2) is 8.80. The molecule has 0 aliphatic carbocycles. The van der Waals surface area contributed by atoms with Crippen LogP contribution in [0.3, 0.4) is 0 Å². The van der Waals surface area contributed by atoms with Crippen molar-refractivity contribution in [3.8, 4) is 34.6 Å². The predicted molar refractivity (Wildman–Crippen MR) is 109 cm³/mol. The van der Waals surface area contributed by atoms with E-state index in [9.17, 15) is 9.90 Å². The van der Waals surface area contributed by atoms with Gasteiger partial charge in [0.15, 0.2) is 17.7 Å². The first-order valence-electron chi connectivity index (χ1n) is 9.30. The number of nitrogens with one attached hydrogen (secondary N) is 1. The SMILES string of the molecule is N#Cc1ccc(Oc2cn[nH]c2-c2cccc(COC(=O)[n+]3cccc(O)c3)c2)cc1. The van der Waals surface area contributed by atoms with Crippen molar-refractivity contribution in [1.29, 1.82) is 5.26 Å². The molecule has 0 unspecified atom stereocenters. The fourth-order valence-electron chi connectivity index (χ4n) is 2.90. The second-order valence-corrected chi connectivity index (χ2v) is 6.57. The Hall–Kier alpha value is -4.64. The topological polar surface area (TPSA) is 112 Å². The van der Waals surface area contributed by atoms with Gasteiger partial charge in [-0.15, -0.1) is 0 Å². The number of hydrogen-bond donors (Lipinski definition) is 2. The Labute approximate surface area is 177 Å². The van der Waals surface area contributed by atoms with E-state index in [1.165, 1.54) is 18.5 Å². The molecular formula is C23H17N4O4+. The number of aromatic hydroxyl groups is 1. The van der Waals surface area contributed by atoms with Crippen LogP contribution < -0.4 is 9.30 Å². The fourth-order valence-corrected chi connectivity index (χ4v) is 2.90. The molecule has 0 spiro atoms. The van der Waals surface area contributed by atoms with Crippen molar-refractivity contribution >= 4 is 6.09 Å². The summed E-state index contributed by atoms with van der Waals surface area (Å²) in [6.07, 6.45) is 3.73. The zero-order valence-electron chi connectivity index (χ0n) is 16.2. The van der Waals surface area contributed by atoms with E-state index in [1.807, 2.05) is 24.3 Å². The Morgan fingerprint density at radius 1 is 1.16 bits per heavy atom. The number of nitriles is 1. The lowest BCUT2D eigenvalue weighted by atomic mass is 10.1.